The topological polar surface area (TPSA) is 115 Å². The van der Waals surface area contributed by atoms with Crippen LogP contribution in [0.3, 0.4) is 0 Å². The Labute approximate surface area is 250 Å². The first-order chi connectivity index (χ1) is 19.9. The molecule has 2 N–H and O–H groups in total. The minimum absolute atomic E-state index is 0.107. The second kappa shape index (κ2) is 11.8. The number of rotatable bonds is 7. The Kier molecular flexibility index (Phi) is 8.51. The van der Waals surface area contributed by atoms with E-state index in [-0.39, 0.29) is 35.0 Å². The third-order valence-electron chi connectivity index (χ3n) is 10.0. The van der Waals surface area contributed by atoms with Crippen LogP contribution in [0.5, 0.6) is 5.75 Å². The molecule has 2 aliphatic heterocycles. The van der Waals surface area contributed by atoms with Crippen LogP contribution in [0.4, 0.5) is 5.95 Å². The van der Waals surface area contributed by atoms with Gasteiger partial charge in [0.15, 0.2) is 0 Å². The third-order valence-corrected chi connectivity index (χ3v) is 10.0. The van der Waals surface area contributed by atoms with Gasteiger partial charge in [0.25, 0.3) is 5.91 Å². The molecule has 9 nitrogen and oxygen atoms in total. The molecule has 1 aliphatic carbocycles. The number of carbonyl (C=O) groups is 1. The number of nitrogens with one attached hydrogen (secondary N) is 1. The summed E-state index contributed by atoms with van der Waals surface area (Å²) in [5.41, 5.74) is 1.36. The zero-order chi connectivity index (χ0) is 30.2. The minimum atomic E-state index is -0.309. The highest BCUT2D eigenvalue weighted by Crippen LogP contribution is 2.55. The van der Waals surface area contributed by atoms with Gasteiger partial charge in [0, 0.05) is 62.0 Å². The van der Waals surface area contributed by atoms with Crippen LogP contribution in [-0.4, -0.2) is 76.9 Å². The van der Waals surface area contributed by atoms with Crippen LogP contribution in [0.15, 0.2) is 30.6 Å². The number of aliphatic hydroxyl groups is 1. The lowest BCUT2D eigenvalue weighted by molar-refractivity contribution is -0.164. The molecule has 2 saturated heterocycles. The van der Waals surface area contributed by atoms with Crippen molar-refractivity contribution in [1.29, 1.82) is 5.26 Å². The Hall–Kier alpha value is -3.22. The molecular formula is C33H46N6O3. The molecule has 42 heavy (non-hydrogen) atoms. The number of anilines is 1. The van der Waals surface area contributed by atoms with Crippen LogP contribution in [0.25, 0.3) is 0 Å². The van der Waals surface area contributed by atoms with Gasteiger partial charge >= 0.3 is 0 Å². The molecule has 0 spiro atoms. The van der Waals surface area contributed by atoms with E-state index in [1.54, 1.807) is 18.5 Å². The van der Waals surface area contributed by atoms with Crippen molar-refractivity contribution in [1.82, 2.24) is 20.2 Å². The molecule has 3 heterocycles. The van der Waals surface area contributed by atoms with Gasteiger partial charge in [-0.05, 0) is 61.8 Å². The Morgan fingerprint density at radius 2 is 1.79 bits per heavy atom. The molecule has 9 heteroatoms. The van der Waals surface area contributed by atoms with Crippen molar-refractivity contribution >= 4 is 11.9 Å². The number of benzene rings is 1. The lowest BCUT2D eigenvalue weighted by atomic mass is 9.49. The lowest BCUT2D eigenvalue weighted by Gasteiger charge is -2.63. The average molecular weight is 575 g/mol. The summed E-state index contributed by atoms with van der Waals surface area (Å²) in [4.78, 5) is 27.2. The van der Waals surface area contributed by atoms with Crippen LogP contribution < -0.4 is 15.0 Å². The highest BCUT2D eigenvalue weighted by Gasteiger charge is 2.64. The number of ether oxygens (including phenoxy) is 1. The molecule has 2 atom stereocenters. The normalized spacial score (nSPS) is 27.5. The van der Waals surface area contributed by atoms with E-state index in [9.17, 15) is 15.2 Å². The van der Waals surface area contributed by atoms with Gasteiger partial charge in [-0.2, -0.15) is 5.26 Å². The number of nitriles is 1. The first-order valence-corrected chi connectivity index (χ1v) is 15.4. The summed E-state index contributed by atoms with van der Waals surface area (Å²) in [7, 11) is 0. The summed E-state index contributed by atoms with van der Waals surface area (Å²) in [5.74, 6) is 2.37. The second-order valence-corrected chi connectivity index (χ2v) is 13.9. The van der Waals surface area contributed by atoms with Gasteiger partial charge in [0.2, 0.25) is 5.95 Å². The Morgan fingerprint density at radius 1 is 1.12 bits per heavy atom. The molecule has 2 aromatic rings. The van der Waals surface area contributed by atoms with Crippen LogP contribution >= 0.6 is 0 Å². The van der Waals surface area contributed by atoms with Crippen LogP contribution in [0, 0.1) is 40.9 Å². The largest absolute Gasteiger partial charge is 0.489 e. The Bertz CT molecular complexity index is 1300. The molecule has 0 radical (unpaired) electrons. The number of aryl methyl sites for hydroxylation is 1. The summed E-state index contributed by atoms with van der Waals surface area (Å²) >= 11 is 0. The van der Waals surface area contributed by atoms with Crippen molar-refractivity contribution in [3.05, 3.63) is 47.3 Å². The molecular weight excluding hydrogens is 528 g/mol. The standard InChI is InChI=1S/C33H46N6O3/c1-21-15-27(8-7-23(21)16-34)42-30-32(3,4)29(33(30,5)6)37-28(41)25-17-35-31(36-18-25)39-14-9-24(22(2)19-39)20-38-12-10-26(40)11-13-38/h7-8,15,17-18,22,24,26,29-30,40H,9-14,19-20H2,1-6H3,(H,37,41)/t22-,24-,29?,30?/m1/s1. The number of nitrogens with zero attached hydrogens (tertiary/aromatic N) is 5. The van der Waals surface area contributed by atoms with Gasteiger partial charge in [-0.1, -0.05) is 34.6 Å². The number of carbonyl (C=O) groups excluding carboxylic acids is 1. The molecule has 1 saturated carbocycles. The van der Waals surface area contributed by atoms with Crippen LogP contribution in [0.2, 0.25) is 0 Å². The van der Waals surface area contributed by atoms with E-state index in [1.807, 2.05) is 19.1 Å². The maximum Gasteiger partial charge on any atom is 0.254 e. The Balaban J connectivity index is 1.16. The smallest absolute Gasteiger partial charge is 0.254 e. The molecule has 0 bridgehead atoms. The van der Waals surface area contributed by atoms with Gasteiger partial charge < -0.3 is 25.0 Å². The fourth-order valence-corrected chi connectivity index (χ4v) is 7.67. The van der Waals surface area contributed by atoms with Crippen molar-refractivity contribution in [2.45, 2.75) is 79.1 Å². The Morgan fingerprint density at radius 3 is 2.38 bits per heavy atom. The molecule has 5 rings (SSSR count). The van der Waals surface area contributed by atoms with Crippen LogP contribution in [0.1, 0.15) is 75.4 Å². The molecule has 1 aromatic heterocycles. The molecule has 1 aromatic carbocycles. The predicted molar refractivity (Wildman–Crippen MR) is 162 cm³/mol. The molecule has 226 valence electrons. The van der Waals surface area contributed by atoms with Crippen molar-refractivity contribution in [2.75, 3.05) is 37.6 Å². The summed E-state index contributed by atoms with van der Waals surface area (Å²) in [5, 5.41) is 22.3. The third kappa shape index (κ3) is 5.97. The summed E-state index contributed by atoms with van der Waals surface area (Å²) < 4.78 is 6.42. The second-order valence-electron chi connectivity index (χ2n) is 13.9. The highest BCUT2D eigenvalue weighted by molar-refractivity contribution is 5.94. The van der Waals surface area contributed by atoms with E-state index in [1.165, 1.54) is 0 Å². The number of likely N-dealkylation sites (tertiary alicyclic amines) is 1. The van der Waals surface area contributed by atoms with Gasteiger partial charge in [-0.15, -0.1) is 0 Å². The number of piperidine rings is 2. The molecule has 1 amide bonds. The van der Waals surface area contributed by atoms with Crippen molar-refractivity contribution in [3.8, 4) is 11.8 Å². The number of aromatic nitrogens is 2. The van der Waals surface area contributed by atoms with Crippen molar-refractivity contribution < 1.29 is 14.6 Å². The van der Waals surface area contributed by atoms with E-state index >= 15 is 0 Å². The van der Waals surface area contributed by atoms with E-state index in [2.05, 4.69) is 65.8 Å². The van der Waals surface area contributed by atoms with E-state index in [4.69, 9.17) is 4.74 Å². The SMILES string of the molecule is Cc1cc(OC2C(C)(C)C(NC(=O)c3cnc(N4CC[C@H](CN5CCC(O)CC5)[C@H](C)C4)nc3)C2(C)C)ccc1C#N. The summed E-state index contributed by atoms with van der Waals surface area (Å²) in [6.45, 7) is 17.5. The average Bonchev–Trinajstić information content (AvgIpc) is 2.96. The van der Waals surface area contributed by atoms with Gasteiger partial charge in [0.1, 0.15) is 11.9 Å². The zero-order valence-electron chi connectivity index (χ0n) is 25.9. The van der Waals surface area contributed by atoms with Gasteiger partial charge in [0.05, 0.1) is 23.3 Å². The first-order valence-electron chi connectivity index (χ1n) is 15.4. The van der Waals surface area contributed by atoms with Gasteiger partial charge in [-0.3, -0.25) is 4.79 Å². The van der Waals surface area contributed by atoms with Crippen LogP contribution in [-0.2, 0) is 0 Å². The quantitative estimate of drug-likeness (QED) is 0.506. The summed E-state index contributed by atoms with van der Waals surface area (Å²) in [6, 6.07) is 7.62. The number of aliphatic hydroxyl groups excluding tert-OH is 1. The fraction of sp³-hybridized carbons (Fsp3) is 0.636. The van der Waals surface area contributed by atoms with E-state index in [0.29, 0.717) is 28.9 Å². The molecule has 3 aliphatic rings. The number of amides is 1. The maximum atomic E-state index is 13.3. The minimum Gasteiger partial charge on any atom is -0.489 e. The maximum absolute atomic E-state index is 13.3. The zero-order valence-corrected chi connectivity index (χ0v) is 25.9. The fourth-order valence-electron chi connectivity index (χ4n) is 7.67. The molecule has 0 unspecified atom stereocenters. The van der Waals surface area contributed by atoms with Gasteiger partial charge in [-0.25, -0.2) is 9.97 Å². The highest BCUT2D eigenvalue weighted by atomic mass is 16.5. The predicted octanol–water partition coefficient (Wildman–Crippen LogP) is 4.19. The van der Waals surface area contributed by atoms with E-state index in [0.717, 1.165) is 63.3 Å². The summed E-state index contributed by atoms with van der Waals surface area (Å²) in [6.07, 6.45) is 5.87. The monoisotopic (exact) mass is 574 g/mol. The number of hydrogen-bond acceptors (Lipinski definition) is 8. The van der Waals surface area contributed by atoms with Crippen molar-refractivity contribution in [2.24, 2.45) is 22.7 Å². The van der Waals surface area contributed by atoms with Crippen molar-refractivity contribution in [3.63, 3.8) is 0 Å². The van der Waals surface area contributed by atoms with E-state index < -0.39 is 0 Å². The molecule has 3 fully saturated rings. The first kappa shape index (κ1) is 30.2. The number of hydrogen-bond donors (Lipinski definition) is 2. The lowest BCUT2D eigenvalue weighted by Crippen LogP contribution is -2.74.